The molecule has 132 valence electrons. The highest BCUT2D eigenvalue weighted by Gasteiger charge is 2.32. The van der Waals surface area contributed by atoms with Crippen LogP contribution < -0.4 is 10.2 Å². The molecule has 0 aliphatic heterocycles. The second-order valence-electron chi connectivity index (χ2n) is 5.48. The van der Waals surface area contributed by atoms with Crippen molar-refractivity contribution in [2.24, 2.45) is 0 Å². The van der Waals surface area contributed by atoms with Crippen LogP contribution in [-0.4, -0.2) is 27.4 Å². The van der Waals surface area contributed by atoms with Crippen LogP contribution in [0.5, 0.6) is 0 Å². The predicted molar refractivity (Wildman–Crippen MR) is 85.0 cm³/mol. The number of rotatable bonds is 5. The first-order valence-corrected chi connectivity index (χ1v) is 7.46. The van der Waals surface area contributed by atoms with Gasteiger partial charge in [-0.05, 0) is 17.7 Å². The Labute approximate surface area is 140 Å². The lowest BCUT2D eigenvalue weighted by Gasteiger charge is -2.06. The summed E-state index contributed by atoms with van der Waals surface area (Å²) < 4.78 is 37.5. The molecule has 0 saturated carbocycles. The number of halogens is 3. The number of carbonyl (C=O) groups excluding carboxylic acids is 1. The summed E-state index contributed by atoms with van der Waals surface area (Å²) in [6, 6.07) is 5.64. The number of aromatic nitrogens is 3. The fraction of sp³-hybridized carbons (Fsp3) is 0.250. The lowest BCUT2D eigenvalue weighted by molar-refractivity contribution is -0.138. The molecule has 1 aromatic carbocycles. The van der Waals surface area contributed by atoms with E-state index in [2.05, 4.69) is 15.4 Å². The molecule has 0 spiro atoms. The molecule has 3 rings (SSSR count). The van der Waals surface area contributed by atoms with Crippen LogP contribution >= 0.6 is 0 Å². The SMILES string of the molecule is CC(=O)Nc1c[nH]c2ccc(CCOn3cc(C(F)(F)F)cn3)cc12. The Kier molecular flexibility index (Phi) is 4.39. The maximum atomic E-state index is 12.5. The molecule has 0 unspecified atom stereocenters. The molecule has 0 aliphatic rings. The Morgan fingerprint density at radius 3 is 2.88 bits per heavy atom. The van der Waals surface area contributed by atoms with E-state index in [0.717, 1.165) is 27.5 Å². The minimum atomic E-state index is -4.44. The zero-order chi connectivity index (χ0) is 18.0. The molecule has 9 heteroatoms. The van der Waals surface area contributed by atoms with Crippen LogP contribution in [0.3, 0.4) is 0 Å². The smallest absolute Gasteiger partial charge is 0.396 e. The summed E-state index contributed by atoms with van der Waals surface area (Å²) in [6.07, 6.45) is -0.757. The average Bonchev–Trinajstić information content (AvgIpc) is 3.14. The first kappa shape index (κ1) is 16.9. The van der Waals surface area contributed by atoms with Crippen molar-refractivity contribution in [1.82, 2.24) is 14.9 Å². The number of nitrogens with one attached hydrogen (secondary N) is 2. The van der Waals surface area contributed by atoms with Crippen molar-refractivity contribution in [3.63, 3.8) is 0 Å². The van der Waals surface area contributed by atoms with Crippen molar-refractivity contribution in [2.75, 3.05) is 11.9 Å². The average molecular weight is 352 g/mol. The minimum Gasteiger partial charge on any atom is -0.396 e. The topological polar surface area (TPSA) is 71.9 Å². The van der Waals surface area contributed by atoms with E-state index in [-0.39, 0.29) is 12.5 Å². The van der Waals surface area contributed by atoms with Gasteiger partial charge in [-0.2, -0.15) is 13.2 Å². The highest BCUT2D eigenvalue weighted by Crippen LogP contribution is 2.28. The standard InChI is InChI=1S/C16H15F3N4O2/c1-10(24)22-15-8-20-14-3-2-11(6-13(14)15)4-5-25-23-9-12(7-21-23)16(17,18)19/h2-3,6-9,20H,4-5H2,1H3,(H,22,24). The summed E-state index contributed by atoms with van der Waals surface area (Å²) in [6.45, 7) is 1.58. The number of carbonyl (C=O) groups is 1. The van der Waals surface area contributed by atoms with E-state index < -0.39 is 11.7 Å². The van der Waals surface area contributed by atoms with E-state index in [9.17, 15) is 18.0 Å². The van der Waals surface area contributed by atoms with Gasteiger partial charge < -0.3 is 15.1 Å². The number of aromatic amines is 1. The van der Waals surface area contributed by atoms with Crippen molar-refractivity contribution in [3.05, 3.63) is 47.9 Å². The number of fused-ring (bicyclic) bond motifs is 1. The van der Waals surface area contributed by atoms with Gasteiger partial charge in [0.25, 0.3) is 0 Å². The maximum absolute atomic E-state index is 12.5. The molecule has 2 N–H and O–H groups in total. The highest BCUT2D eigenvalue weighted by atomic mass is 19.4. The quantitative estimate of drug-likeness (QED) is 0.741. The molecule has 0 radical (unpaired) electrons. The number of anilines is 1. The van der Waals surface area contributed by atoms with Gasteiger partial charge in [0, 0.05) is 30.4 Å². The van der Waals surface area contributed by atoms with E-state index >= 15 is 0 Å². The van der Waals surface area contributed by atoms with Gasteiger partial charge >= 0.3 is 6.18 Å². The molecule has 0 fully saturated rings. The third-order valence-electron chi connectivity index (χ3n) is 3.56. The molecule has 0 aliphatic carbocycles. The normalized spacial score (nSPS) is 11.7. The third kappa shape index (κ3) is 3.93. The number of hydrogen-bond acceptors (Lipinski definition) is 3. The summed E-state index contributed by atoms with van der Waals surface area (Å²) in [5.41, 5.74) is 1.60. The molecular formula is C16H15F3N4O2. The molecule has 0 bridgehead atoms. The van der Waals surface area contributed by atoms with Crippen molar-refractivity contribution in [1.29, 1.82) is 0 Å². The summed E-state index contributed by atoms with van der Waals surface area (Å²) in [7, 11) is 0. The lowest BCUT2D eigenvalue weighted by atomic mass is 10.1. The lowest BCUT2D eigenvalue weighted by Crippen LogP contribution is -2.15. The number of nitrogens with zero attached hydrogens (tertiary/aromatic N) is 2. The first-order valence-electron chi connectivity index (χ1n) is 7.46. The molecule has 6 nitrogen and oxygen atoms in total. The van der Waals surface area contributed by atoms with Crippen molar-refractivity contribution in [3.8, 4) is 0 Å². The Hall–Kier alpha value is -2.97. The molecule has 3 aromatic rings. The second-order valence-corrected chi connectivity index (χ2v) is 5.48. The summed E-state index contributed by atoms with van der Waals surface area (Å²) in [5, 5.41) is 7.11. The van der Waals surface area contributed by atoms with Crippen LogP contribution in [0, 0.1) is 0 Å². The van der Waals surface area contributed by atoms with E-state index in [1.807, 2.05) is 18.2 Å². The van der Waals surface area contributed by atoms with Gasteiger partial charge in [0.1, 0.15) is 6.61 Å². The monoisotopic (exact) mass is 352 g/mol. The van der Waals surface area contributed by atoms with Crippen LogP contribution in [0.15, 0.2) is 36.8 Å². The number of H-pyrrole nitrogens is 1. The molecule has 0 atom stereocenters. The molecule has 25 heavy (non-hydrogen) atoms. The fourth-order valence-corrected chi connectivity index (χ4v) is 2.40. The van der Waals surface area contributed by atoms with Crippen LogP contribution in [0.2, 0.25) is 0 Å². The van der Waals surface area contributed by atoms with Gasteiger partial charge in [0.05, 0.1) is 23.6 Å². The van der Waals surface area contributed by atoms with Crippen LogP contribution in [0.1, 0.15) is 18.1 Å². The minimum absolute atomic E-state index is 0.157. The van der Waals surface area contributed by atoms with E-state index in [1.165, 1.54) is 6.92 Å². The van der Waals surface area contributed by atoms with Crippen LogP contribution in [0.25, 0.3) is 10.9 Å². The summed E-state index contributed by atoms with van der Waals surface area (Å²) in [5.74, 6) is -0.172. The zero-order valence-corrected chi connectivity index (χ0v) is 13.2. The zero-order valence-electron chi connectivity index (χ0n) is 13.2. The van der Waals surface area contributed by atoms with Gasteiger partial charge in [-0.1, -0.05) is 6.07 Å². The Balaban J connectivity index is 1.65. The Morgan fingerprint density at radius 2 is 2.20 bits per heavy atom. The first-order chi connectivity index (χ1) is 11.8. The summed E-state index contributed by atoms with van der Waals surface area (Å²) in [4.78, 5) is 20.3. The van der Waals surface area contributed by atoms with Gasteiger partial charge in [0.2, 0.25) is 5.91 Å². The Bertz CT molecular complexity index is 898. The number of hydrogen-bond donors (Lipinski definition) is 2. The number of benzene rings is 1. The predicted octanol–water partition coefficient (Wildman–Crippen LogP) is 3.01. The van der Waals surface area contributed by atoms with E-state index in [1.54, 1.807) is 6.20 Å². The maximum Gasteiger partial charge on any atom is 0.419 e. The molecule has 2 heterocycles. The second kappa shape index (κ2) is 6.50. The van der Waals surface area contributed by atoms with E-state index in [0.29, 0.717) is 18.3 Å². The van der Waals surface area contributed by atoms with Crippen LogP contribution in [-0.2, 0) is 17.4 Å². The van der Waals surface area contributed by atoms with Crippen molar-refractivity contribution < 1.29 is 22.8 Å². The fourth-order valence-electron chi connectivity index (χ4n) is 2.40. The highest BCUT2D eigenvalue weighted by molar-refractivity contribution is 6.01. The molecular weight excluding hydrogens is 337 g/mol. The number of alkyl halides is 3. The van der Waals surface area contributed by atoms with E-state index in [4.69, 9.17) is 4.84 Å². The van der Waals surface area contributed by atoms with Crippen molar-refractivity contribution >= 4 is 22.5 Å². The van der Waals surface area contributed by atoms with Gasteiger partial charge in [0.15, 0.2) is 0 Å². The number of amides is 1. The van der Waals surface area contributed by atoms with Gasteiger partial charge in [-0.25, -0.2) is 0 Å². The Morgan fingerprint density at radius 1 is 1.40 bits per heavy atom. The molecule has 0 saturated heterocycles. The third-order valence-corrected chi connectivity index (χ3v) is 3.56. The molecule has 2 aromatic heterocycles. The summed E-state index contributed by atoms with van der Waals surface area (Å²) >= 11 is 0. The molecule has 1 amide bonds. The van der Waals surface area contributed by atoms with Crippen molar-refractivity contribution in [2.45, 2.75) is 19.5 Å². The largest absolute Gasteiger partial charge is 0.419 e. The van der Waals surface area contributed by atoms with Gasteiger partial charge in [-0.15, -0.1) is 9.94 Å². The van der Waals surface area contributed by atoms with Crippen LogP contribution in [0.4, 0.5) is 18.9 Å². The van der Waals surface area contributed by atoms with Gasteiger partial charge in [-0.3, -0.25) is 4.79 Å².